The van der Waals surface area contributed by atoms with Crippen LogP contribution in [0.3, 0.4) is 0 Å². The number of piperidine rings is 2. The summed E-state index contributed by atoms with van der Waals surface area (Å²) >= 11 is 0. The van der Waals surface area contributed by atoms with Gasteiger partial charge in [-0.2, -0.15) is 0 Å². The highest BCUT2D eigenvalue weighted by Crippen LogP contribution is 2.21. The van der Waals surface area contributed by atoms with Gasteiger partial charge in [0.2, 0.25) is 11.8 Å². The number of methoxy groups -OCH3 is 1. The number of aliphatic carboxylic acids is 1. The van der Waals surface area contributed by atoms with Crippen LogP contribution < -0.4 is 20.7 Å². The first-order valence-corrected chi connectivity index (χ1v) is 12.3. The van der Waals surface area contributed by atoms with Crippen molar-refractivity contribution in [2.45, 2.75) is 44.6 Å². The second-order valence-corrected chi connectivity index (χ2v) is 9.25. The lowest BCUT2D eigenvalue weighted by Crippen LogP contribution is -2.51. The summed E-state index contributed by atoms with van der Waals surface area (Å²) in [5, 5.41) is 17.9. The van der Waals surface area contributed by atoms with Crippen LogP contribution in [0.1, 0.15) is 48.9 Å². The molecule has 0 saturated carbocycles. The Morgan fingerprint density at radius 2 is 1.86 bits per heavy atom. The van der Waals surface area contributed by atoms with Gasteiger partial charge in [0.15, 0.2) is 0 Å². The number of likely N-dealkylation sites (tertiary alicyclic amines) is 1. The summed E-state index contributed by atoms with van der Waals surface area (Å²) in [6.07, 6.45) is 4.93. The predicted octanol–water partition coefficient (Wildman–Crippen LogP) is 1.01. The van der Waals surface area contributed by atoms with E-state index in [9.17, 15) is 24.3 Å². The molecule has 0 aromatic heterocycles. The van der Waals surface area contributed by atoms with Crippen LogP contribution >= 0.6 is 0 Å². The molecule has 0 aliphatic carbocycles. The number of hydrogen-bond donors (Lipinski definition) is 4. The average Bonchev–Trinajstić information content (AvgIpc) is 2.89. The number of carbonyl (C=O) groups excluding carboxylic acids is 3. The Morgan fingerprint density at radius 3 is 2.51 bits per heavy atom. The molecule has 4 N–H and O–H groups in total. The molecule has 0 bridgehead atoms. The molecule has 0 radical (unpaired) electrons. The second kappa shape index (κ2) is 13.1. The maximum absolute atomic E-state index is 12.7. The molecule has 1 aromatic carbocycles. The summed E-state index contributed by atoms with van der Waals surface area (Å²) < 4.78 is 5.05. The van der Waals surface area contributed by atoms with Crippen molar-refractivity contribution in [3.63, 3.8) is 0 Å². The molecule has 10 heteroatoms. The summed E-state index contributed by atoms with van der Waals surface area (Å²) in [4.78, 5) is 51.3. The molecule has 0 spiro atoms. The standard InChI is InChI=1S/C25H36N4O6/c1-35-20-7-5-18(6-8-20)24(32)28-21(25(33)34)15-27-23(31)19-3-2-14-29(16-19)22(30)9-4-17-10-12-26-13-11-17/h5-8,17,19,21,26H,2-4,9-16H2,1H3,(H,27,31)(H,28,32)(H,33,34)/t19-,21-/m1/s1. The summed E-state index contributed by atoms with van der Waals surface area (Å²) in [6, 6.07) is 5.00. The van der Waals surface area contributed by atoms with E-state index in [4.69, 9.17) is 4.74 Å². The molecule has 10 nitrogen and oxygen atoms in total. The summed E-state index contributed by atoms with van der Waals surface area (Å²) in [6.45, 7) is 2.75. The van der Waals surface area contributed by atoms with Crippen molar-refractivity contribution in [1.29, 1.82) is 0 Å². The fourth-order valence-corrected chi connectivity index (χ4v) is 4.60. The second-order valence-electron chi connectivity index (χ2n) is 9.25. The molecule has 3 amide bonds. The molecule has 0 unspecified atom stereocenters. The Morgan fingerprint density at radius 1 is 1.14 bits per heavy atom. The van der Waals surface area contributed by atoms with E-state index in [1.54, 1.807) is 17.0 Å². The normalized spacial score (nSPS) is 19.5. The highest BCUT2D eigenvalue weighted by molar-refractivity contribution is 5.96. The van der Waals surface area contributed by atoms with Gasteiger partial charge in [-0.25, -0.2) is 4.79 Å². The number of carboxylic acid groups (broad SMARTS) is 1. The highest BCUT2D eigenvalue weighted by Gasteiger charge is 2.30. The molecule has 2 saturated heterocycles. The van der Waals surface area contributed by atoms with Crippen LogP contribution in [-0.4, -0.2) is 79.6 Å². The van der Waals surface area contributed by atoms with E-state index in [0.29, 0.717) is 37.6 Å². The van der Waals surface area contributed by atoms with Crippen molar-refractivity contribution in [2.75, 3.05) is 39.8 Å². The zero-order valence-corrected chi connectivity index (χ0v) is 20.3. The Hall–Kier alpha value is -3.14. The maximum Gasteiger partial charge on any atom is 0.328 e. The van der Waals surface area contributed by atoms with Gasteiger partial charge < -0.3 is 30.7 Å². The number of nitrogens with one attached hydrogen (secondary N) is 3. The Labute approximate surface area is 205 Å². The van der Waals surface area contributed by atoms with Gasteiger partial charge in [-0.15, -0.1) is 0 Å². The van der Waals surface area contributed by atoms with E-state index in [1.165, 1.54) is 19.2 Å². The van der Waals surface area contributed by atoms with Crippen LogP contribution in [0.5, 0.6) is 5.75 Å². The number of amides is 3. The van der Waals surface area contributed by atoms with Crippen molar-refractivity contribution < 1.29 is 29.0 Å². The zero-order chi connectivity index (χ0) is 25.2. The van der Waals surface area contributed by atoms with Gasteiger partial charge in [-0.1, -0.05) is 0 Å². The number of carboxylic acids is 1. The molecule has 3 rings (SSSR count). The summed E-state index contributed by atoms with van der Waals surface area (Å²) in [5.41, 5.74) is 0.286. The average molecular weight is 489 g/mol. The van der Waals surface area contributed by atoms with Gasteiger partial charge in [-0.05, 0) is 75.4 Å². The molecule has 1 aromatic rings. The van der Waals surface area contributed by atoms with E-state index < -0.39 is 23.8 Å². The van der Waals surface area contributed by atoms with Gasteiger partial charge in [0, 0.05) is 31.6 Å². The molecule has 2 heterocycles. The van der Waals surface area contributed by atoms with Gasteiger partial charge in [0.1, 0.15) is 11.8 Å². The number of hydrogen-bond acceptors (Lipinski definition) is 6. The van der Waals surface area contributed by atoms with Crippen LogP contribution in [0.2, 0.25) is 0 Å². The van der Waals surface area contributed by atoms with E-state index in [0.717, 1.165) is 38.8 Å². The lowest BCUT2D eigenvalue weighted by molar-refractivity contribution is -0.139. The van der Waals surface area contributed by atoms with Crippen LogP contribution in [0, 0.1) is 11.8 Å². The Kier molecular flexibility index (Phi) is 9.89. The van der Waals surface area contributed by atoms with Gasteiger partial charge in [0.05, 0.1) is 13.0 Å². The molecule has 192 valence electrons. The number of ether oxygens (including phenoxy) is 1. The summed E-state index contributed by atoms with van der Waals surface area (Å²) in [5.74, 6) is -1.26. The third-order valence-corrected chi connectivity index (χ3v) is 6.81. The van der Waals surface area contributed by atoms with E-state index in [-0.39, 0.29) is 23.9 Å². The van der Waals surface area contributed by atoms with Crippen molar-refractivity contribution >= 4 is 23.7 Å². The van der Waals surface area contributed by atoms with Crippen LogP contribution in [0.15, 0.2) is 24.3 Å². The molecular weight excluding hydrogens is 452 g/mol. The lowest BCUT2D eigenvalue weighted by Gasteiger charge is -2.33. The number of nitrogens with zero attached hydrogens (tertiary/aromatic N) is 1. The predicted molar refractivity (Wildman–Crippen MR) is 129 cm³/mol. The first kappa shape index (κ1) is 26.5. The third-order valence-electron chi connectivity index (χ3n) is 6.81. The van der Waals surface area contributed by atoms with E-state index in [1.807, 2.05) is 0 Å². The number of carbonyl (C=O) groups is 4. The fraction of sp³-hybridized carbons (Fsp3) is 0.600. The molecule has 2 atom stereocenters. The Balaban J connectivity index is 1.46. The lowest BCUT2D eigenvalue weighted by atomic mass is 9.92. The third kappa shape index (κ3) is 7.95. The number of rotatable bonds is 10. The van der Waals surface area contributed by atoms with Crippen molar-refractivity contribution in [2.24, 2.45) is 11.8 Å². The molecular formula is C25H36N4O6. The topological polar surface area (TPSA) is 137 Å². The van der Waals surface area contributed by atoms with Gasteiger partial charge in [-0.3, -0.25) is 14.4 Å². The minimum absolute atomic E-state index is 0.0798. The SMILES string of the molecule is COc1ccc(C(=O)N[C@H](CNC(=O)[C@@H]2CCCN(C(=O)CCC3CCNCC3)C2)C(=O)O)cc1. The van der Waals surface area contributed by atoms with Crippen molar-refractivity contribution in [3.05, 3.63) is 29.8 Å². The minimum Gasteiger partial charge on any atom is -0.497 e. The molecule has 2 aliphatic rings. The van der Waals surface area contributed by atoms with Gasteiger partial charge >= 0.3 is 5.97 Å². The molecule has 2 aliphatic heterocycles. The quantitative estimate of drug-likeness (QED) is 0.386. The monoisotopic (exact) mass is 488 g/mol. The van der Waals surface area contributed by atoms with Crippen LogP contribution in [-0.2, 0) is 14.4 Å². The van der Waals surface area contributed by atoms with Crippen LogP contribution in [0.4, 0.5) is 0 Å². The molecule has 2 fully saturated rings. The van der Waals surface area contributed by atoms with Gasteiger partial charge in [0.25, 0.3) is 5.91 Å². The largest absolute Gasteiger partial charge is 0.497 e. The number of benzene rings is 1. The first-order chi connectivity index (χ1) is 16.9. The van der Waals surface area contributed by atoms with Crippen LogP contribution in [0.25, 0.3) is 0 Å². The molecule has 35 heavy (non-hydrogen) atoms. The van der Waals surface area contributed by atoms with Crippen molar-refractivity contribution in [1.82, 2.24) is 20.9 Å². The smallest absolute Gasteiger partial charge is 0.328 e. The summed E-state index contributed by atoms with van der Waals surface area (Å²) in [7, 11) is 1.51. The zero-order valence-electron chi connectivity index (χ0n) is 20.3. The van der Waals surface area contributed by atoms with E-state index in [2.05, 4.69) is 16.0 Å². The highest BCUT2D eigenvalue weighted by atomic mass is 16.5. The maximum atomic E-state index is 12.7. The minimum atomic E-state index is -1.28. The van der Waals surface area contributed by atoms with Crippen molar-refractivity contribution in [3.8, 4) is 5.75 Å². The first-order valence-electron chi connectivity index (χ1n) is 12.3. The fourth-order valence-electron chi connectivity index (χ4n) is 4.60. The van der Waals surface area contributed by atoms with E-state index >= 15 is 0 Å². The Bertz CT molecular complexity index is 884.